The molecule has 0 aliphatic carbocycles. The van der Waals surface area contributed by atoms with E-state index in [2.05, 4.69) is 9.97 Å². The van der Waals surface area contributed by atoms with Gasteiger partial charge in [0.15, 0.2) is 0 Å². The second-order valence-corrected chi connectivity index (χ2v) is 4.52. The minimum Gasteiger partial charge on any atom is -0.478 e. The van der Waals surface area contributed by atoms with Crippen molar-refractivity contribution < 1.29 is 4.74 Å². The smallest absolute Gasteiger partial charge is 0.213 e. The molecule has 0 saturated heterocycles. The molecule has 0 aliphatic heterocycles. The zero-order chi connectivity index (χ0) is 13.5. The van der Waals surface area contributed by atoms with E-state index in [1.54, 1.807) is 6.20 Å². The molecule has 2 N–H and O–H groups in total. The summed E-state index contributed by atoms with van der Waals surface area (Å²) in [5.74, 6) is 0.643. The molecule has 4 heteroatoms. The Balaban J connectivity index is 1.78. The van der Waals surface area contributed by atoms with E-state index in [1.165, 1.54) is 5.56 Å². The van der Waals surface area contributed by atoms with Crippen LogP contribution in [0.4, 0.5) is 0 Å². The summed E-state index contributed by atoms with van der Waals surface area (Å²) in [6.45, 7) is 2.60. The number of pyridine rings is 2. The van der Waals surface area contributed by atoms with Gasteiger partial charge >= 0.3 is 0 Å². The molecule has 0 bridgehead atoms. The fraction of sp³-hybridized carbons (Fsp3) is 0.333. The molecule has 0 aliphatic rings. The molecule has 4 nitrogen and oxygen atoms in total. The molecule has 0 aromatic carbocycles. The van der Waals surface area contributed by atoms with Gasteiger partial charge in [0, 0.05) is 30.7 Å². The Morgan fingerprint density at radius 1 is 1.21 bits per heavy atom. The van der Waals surface area contributed by atoms with E-state index in [1.807, 2.05) is 43.6 Å². The summed E-state index contributed by atoms with van der Waals surface area (Å²) in [5, 5.41) is 0. The highest BCUT2D eigenvalue weighted by atomic mass is 16.5. The number of ether oxygens (including phenoxy) is 1. The Morgan fingerprint density at radius 3 is 2.74 bits per heavy atom. The second-order valence-electron chi connectivity index (χ2n) is 4.52. The van der Waals surface area contributed by atoms with Gasteiger partial charge in [-0.25, -0.2) is 4.98 Å². The summed E-state index contributed by atoms with van der Waals surface area (Å²) in [4.78, 5) is 8.17. The highest BCUT2D eigenvalue weighted by molar-refractivity contribution is 5.22. The topological polar surface area (TPSA) is 61.0 Å². The SMILES string of the molecule is C[C@H](N)c1ccnc(OCCCc2ccncc2)c1. The third-order valence-corrected chi connectivity index (χ3v) is 2.89. The van der Waals surface area contributed by atoms with E-state index >= 15 is 0 Å². The van der Waals surface area contributed by atoms with Crippen LogP contribution in [-0.2, 0) is 6.42 Å². The number of hydrogen-bond donors (Lipinski definition) is 1. The average Bonchev–Trinajstić information content (AvgIpc) is 2.45. The molecule has 0 spiro atoms. The van der Waals surface area contributed by atoms with Gasteiger partial charge in [0.1, 0.15) is 0 Å². The highest BCUT2D eigenvalue weighted by Crippen LogP contribution is 2.14. The van der Waals surface area contributed by atoms with Crippen LogP contribution in [0.15, 0.2) is 42.9 Å². The van der Waals surface area contributed by atoms with Crippen molar-refractivity contribution in [1.82, 2.24) is 9.97 Å². The van der Waals surface area contributed by atoms with Crippen LogP contribution < -0.4 is 10.5 Å². The zero-order valence-corrected chi connectivity index (χ0v) is 11.1. The van der Waals surface area contributed by atoms with Gasteiger partial charge in [-0.2, -0.15) is 0 Å². The maximum absolute atomic E-state index is 5.82. The van der Waals surface area contributed by atoms with Gasteiger partial charge in [0.05, 0.1) is 6.61 Å². The molecule has 0 fully saturated rings. The number of aromatic nitrogens is 2. The van der Waals surface area contributed by atoms with Gasteiger partial charge in [-0.15, -0.1) is 0 Å². The van der Waals surface area contributed by atoms with Gasteiger partial charge < -0.3 is 10.5 Å². The molecule has 0 saturated carbocycles. The third kappa shape index (κ3) is 4.34. The predicted molar refractivity (Wildman–Crippen MR) is 74.9 cm³/mol. The van der Waals surface area contributed by atoms with Crippen LogP contribution in [0.25, 0.3) is 0 Å². The van der Waals surface area contributed by atoms with Gasteiger partial charge in [-0.1, -0.05) is 0 Å². The summed E-state index contributed by atoms with van der Waals surface area (Å²) in [7, 11) is 0. The third-order valence-electron chi connectivity index (χ3n) is 2.89. The van der Waals surface area contributed by atoms with Gasteiger partial charge in [0.25, 0.3) is 0 Å². The molecule has 2 rings (SSSR count). The molecule has 19 heavy (non-hydrogen) atoms. The van der Waals surface area contributed by atoms with Crippen LogP contribution in [-0.4, -0.2) is 16.6 Å². The van der Waals surface area contributed by atoms with Crippen molar-refractivity contribution in [2.45, 2.75) is 25.8 Å². The van der Waals surface area contributed by atoms with Gasteiger partial charge in [0.2, 0.25) is 5.88 Å². The van der Waals surface area contributed by atoms with Crippen LogP contribution in [0.3, 0.4) is 0 Å². The number of rotatable bonds is 6. The molecule has 0 unspecified atom stereocenters. The van der Waals surface area contributed by atoms with Crippen LogP contribution in [0.1, 0.15) is 30.5 Å². The lowest BCUT2D eigenvalue weighted by Crippen LogP contribution is -2.06. The molecule has 0 radical (unpaired) electrons. The van der Waals surface area contributed by atoms with Crippen molar-refractivity contribution >= 4 is 0 Å². The van der Waals surface area contributed by atoms with Crippen molar-refractivity contribution in [1.29, 1.82) is 0 Å². The molecule has 1 atom stereocenters. The first-order valence-corrected chi connectivity index (χ1v) is 6.49. The average molecular weight is 257 g/mol. The van der Waals surface area contributed by atoms with E-state index in [0.717, 1.165) is 18.4 Å². The van der Waals surface area contributed by atoms with Crippen molar-refractivity contribution in [3.8, 4) is 5.88 Å². The quantitative estimate of drug-likeness (QED) is 0.808. The number of aryl methyl sites for hydroxylation is 1. The first kappa shape index (κ1) is 13.5. The normalized spacial score (nSPS) is 12.1. The fourth-order valence-electron chi connectivity index (χ4n) is 1.79. The lowest BCUT2D eigenvalue weighted by atomic mass is 10.1. The monoisotopic (exact) mass is 257 g/mol. The summed E-state index contributed by atoms with van der Waals surface area (Å²) in [5.41, 5.74) is 8.14. The number of hydrogen-bond acceptors (Lipinski definition) is 4. The largest absolute Gasteiger partial charge is 0.478 e. The summed E-state index contributed by atoms with van der Waals surface area (Å²) in [6, 6.07) is 7.86. The first-order valence-electron chi connectivity index (χ1n) is 6.49. The molecule has 2 aromatic heterocycles. The van der Waals surface area contributed by atoms with Crippen LogP contribution in [0.5, 0.6) is 5.88 Å². The summed E-state index contributed by atoms with van der Waals surface area (Å²) < 4.78 is 5.64. The van der Waals surface area contributed by atoms with Gasteiger partial charge in [-0.05, 0) is 49.1 Å². The van der Waals surface area contributed by atoms with Crippen molar-refractivity contribution in [2.24, 2.45) is 5.73 Å². The van der Waals surface area contributed by atoms with Crippen molar-refractivity contribution in [3.63, 3.8) is 0 Å². The molecular formula is C15H19N3O. The molecule has 2 aromatic rings. The Hall–Kier alpha value is -1.94. The molecule has 2 heterocycles. The predicted octanol–water partition coefficient (Wildman–Crippen LogP) is 2.51. The van der Waals surface area contributed by atoms with Gasteiger partial charge in [-0.3, -0.25) is 4.98 Å². The maximum Gasteiger partial charge on any atom is 0.213 e. The lowest BCUT2D eigenvalue weighted by molar-refractivity contribution is 0.299. The van der Waals surface area contributed by atoms with E-state index < -0.39 is 0 Å². The molecule has 0 amide bonds. The summed E-state index contributed by atoms with van der Waals surface area (Å²) in [6.07, 6.45) is 7.29. The standard InChI is InChI=1S/C15H19N3O/c1-12(16)14-6-9-18-15(11-14)19-10-2-3-13-4-7-17-8-5-13/h4-9,11-12H,2-3,10,16H2,1H3/t12-/m0/s1. The molecule has 100 valence electrons. The maximum atomic E-state index is 5.82. The Labute approximate surface area is 113 Å². The van der Waals surface area contributed by atoms with Crippen molar-refractivity contribution in [3.05, 3.63) is 54.0 Å². The Kier molecular flexibility index (Phi) is 4.86. The lowest BCUT2D eigenvalue weighted by Gasteiger charge is -2.09. The fourth-order valence-corrected chi connectivity index (χ4v) is 1.79. The van der Waals surface area contributed by atoms with E-state index in [-0.39, 0.29) is 6.04 Å². The zero-order valence-electron chi connectivity index (χ0n) is 11.1. The first-order chi connectivity index (χ1) is 9.25. The minimum absolute atomic E-state index is 0.00201. The summed E-state index contributed by atoms with van der Waals surface area (Å²) >= 11 is 0. The van der Waals surface area contributed by atoms with Crippen LogP contribution in [0, 0.1) is 0 Å². The van der Waals surface area contributed by atoms with Crippen LogP contribution in [0.2, 0.25) is 0 Å². The Bertz CT molecular complexity index is 500. The second kappa shape index (κ2) is 6.85. The van der Waals surface area contributed by atoms with E-state index in [0.29, 0.717) is 12.5 Å². The highest BCUT2D eigenvalue weighted by Gasteiger charge is 2.02. The Morgan fingerprint density at radius 2 is 2.00 bits per heavy atom. The van der Waals surface area contributed by atoms with E-state index in [4.69, 9.17) is 10.5 Å². The minimum atomic E-state index is 0.00201. The van der Waals surface area contributed by atoms with Crippen LogP contribution >= 0.6 is 0 Å². The molecular weight excluding hydrogens is 238 g/mol. The number of nitrogens with zero attached hydrogens (tertiary/aromatic N) is 2. The van der Waals surface area contributed by atoms with E-state index in [9.17, 15) is 0 Å². The number of nitrogens with two attached hydrogens (primary N) is 1. The van der Waals surface area contributed by atoms with Crippen molar-refractivity contribution in [2.75, 3.05) is 6.61 Å².